The molecule has 0 atom stereocenters. The molecule has 3 heterocycles. The number of hydrogen-bond acceptors (Lipinski definition) is 11. The van der Waals surface area contributed by atoms with Gasteiger partial charge in [-0.05, 0) is 80.3 Å². The molecule has 0 unspecified atom stereocenters. The number of carbonyl (C=O) groups excluding carboxylic acids is 3. The van der Waals surface area contributed by atoms with Gasteiger partial charge in [-0.15, -0.1) is 0 Å². The smallest absolute Gasteiger partial charge is 0.416 e. The maximum atomic E-state index is 14.3. The number of amides is 3. The predicted molar refractivity (Wildman–Crippen MR) is 212 cm³/mol. The van der Waals surface area contributed by atoms with Gasteiger partial charge in [0.05, 0.1) is 44.8 Å². The van der Waals surface area contributed by atoms with Crippen LogP contribution in [-0.2, 0) is 31.7 Å². The highest BCUT2D eigenvalue weighted by Gasteiger charge is 2.34. The molecule has 59 heavy (non-hydrogen) atoms. The summed E-state index contributed by atoms with van der Waals surface area (Å²) < 4.78 is 65.1. The number of ether oxygens (including phenoxy) is 4. The van der Waals surface area contributed by atoms with Crippen molar-refractivity contribution in [3.8, 4) is 11.8 Å². The Morgan fingerprint density at radius 3 is 2.36 bits per heavy atom. The topological polar surface area (TPSA) is 161 Å². The van der Waals surface area contributed by atoms with E-state index in [9.17, 15) is 27.6 Å². The molecule has 0 bridgehead atoms. The van der Waals surface area contributed by atoms with E-state index in [-0.39, 0.29) is 36.6 Å². The molecule has 1 aliphatic heterocycles. The number of halogens is 3. The summed E-state index contributed by atoms with van der Waals surface area (Å²) in [5.74, 6) is 5.53. The van der Waals surface area contributed by atoms with Gasteiger partial charge in [0.15, 0.2) is 5.65 Å². The number of imidazole rings is 1. The third-order valence-corrected chi connectivity index (χ3v) is 9.18. The van der Waals surface area contributed by atoms with Crippen LogP contribution in [-0.4, -0.2) is 128 Å². The minimum absolute atomic E-state index is 0.0343. The van der Waals surface area contributed by atoms with Gasteiger partial charge in [0.1, 0.15) is 12.3 Å². The van der Waals surface area contributed by atoms with Crippen molar-refractivity contribution < 1.29 is 46.5 Å². The average molecular weight is 823 g/mol. The SMILES string of the molecule is CCOC(=O)NCCOCCOCCOC(=O)NCCCN1CCN(Cc2ccc(NC(=O)c3ccc(C)c(C#Cc4cnc5cccnn45)c3)cc2C(F)(F)F)CC1. The number of piperazine rings is 1. The van der Waals surface area contributed by atoms with E-state index in [0.717, 1.165) is 11.6 Å². The van der Waals surface area contributed by atoms with Crippen molar-refractivity contribution in [2.75, 3.05) is 90.8 Å². The van der Waals surface area contributed by atoms with Crippen LogP contribution in [0.3, 0.4) is 0 Å². The second-order valence-electron chi connectivity index (χ2n) is 13.4. The average Bonchev–Trinajstić information content (AvgIpc) is 3.63. The molecule has 0 spiro atoms. The van der Waals surface area contributed by atoms with Crippen molar-refractivity contribution in [3.63, 3.8) is 0 Å². The highest BCUT2D eigenvalue weighted by atomic mass is 19.4. The number of carbonyl (C=O) groups is 3. The molecule has 3 amide bonds. The summed E-state index contributed by atoms with van der Waals surface area (Å²) in [4.78, 5) is 44.8. The fraction of sp³-hybridized carbons (Fsp3) is 0.439. The fourth-order valence-electron chi connectivity index (χ4n) is 6.08. The zero-order chi connectivity index (χ0) is 42.0. The fourth-order valence-corrected chi connectivity index (χ4v) is 6.08. The highest BCUT2D eigenvalue weighted by molar-refractivity contribution is 6.04. The monoisotopic (exact) mass is 822 g/mol. The normalized spacial score (nSPS) is 13.4. The molecule has 18 heteroatoms. The van der Waals surface area contributed by atoms with E-state index in [1.54, 1.807) is 54.2 Å². The second-order valence-corrected chi connectivity index (χ2v) is 13.4. The van der Waals surface area contributed by atoms with Crippen LogP contribution >= 0.6 is 0 Å². The van der Waals surface area contributed by atoms with Crippen LogP contribution in [0.2, 0.25) is 0 Å². The third-order valence-electron chi connectivity index (χ3n) is 9.18. The third kappa shape index (κ3) is 14.2. The van der Waals surface area contributed by atoms with Gasteiger partial charge in [-0.3, -0.25) is 9.69 Å². The van der Waals surface area contributed by atoms with Crippen LogP contribution in [0, 0.1) is 18.8 Å². The molecular formula is C41H49F3N8O7. The van der Waals surface area contributed by atoms with Crippen LogP contribution in [0.15, 0.2) is 60.9 Å². The molecule has 1 aliphatic rings. The van der Waals surface area contributed by atoms with E-state index in [1.165, 1.54) is 12.1 Å². The van der Waals surface area contributed by atoms with E-state index >= 15 is 0 Å². The number of alkyl carbamates (subject to hydrolysis) is 2. The molecular weight excluding hydrogens is 773 g/mol. The number of aromatic nitrogens is 3. The van der Waals surface area contributed by atoms with Gasteiger partial charge in [0.2, 0.25) is 0 Å². The maximum absolute atomic E-state index is 14.3. The Balaban J connectivity index is 0.998. The minimum atomic E-state index is -4.63. The van der Waals surface area contributed by atoms with E-state index < -0.39 is 29.8 Å². The first-order valence-corrected chi connectivity index (χ1v) is 19.3. The van der Waals surface area contributed by atoms with E-state index in [4.69, 9.17) is 18.9 Å². The molecule has 0 radical (unpaired) electrons. The van der Waals surface area contributed by atoms with Crippen LogP contribution < -0.4 is 16.0 Å². The standard InChI is InChI=1S/C41H49F3N8O7/c1-3-58-39(54)46-15-21-56-22-23-57-24-25-59-40(55)45-13-5-16-50-17-19-51(20-18-50)29-33-9-11-34(27-36(33)41(42,43)44)49-38(53)32-8-7-30(2)31(26-32)10-12-35-28-47-37-6-4-14-48-52(35)37/h4,6-9,11,14,26-28H,3,5,13,15-25,29H2,1-2H3,(H,45,55)(H,46,54)(H,49,53). The molecule has 4 aromatic rings. The number of benzene rings is 2. The van der Waals surface area contributed by atoms with Crippen LogP contribution in [0.25, 0.3) is 5.65 Å². The minimum Gasteiger partial charge on any atom is -0.450 e. The van der Waals surface area contributed by atoms with Gasteiger partial charge in [-0.2, -0.15) is 18.3 Å². The Kier molecular flexibility index (Phi) is 16.9. The Bertz CT molecular complexity index is 2080. The first-order chi connectivity index (χ1) is 28.5. The van der Waals surface area contributed by atoms with Crippen molar-refractivity contribution in [1.82, 2.24) is 35.0 Å². The van der Waals surface area contributed by atoms with Crippen molar-refractivity contribution in [2.24, 2.45) is 0 Å². The van der Waals surface area contributed by atoms with E-state index in [0.29, 0.717) is 95.6 Å². The Hall–Kier alpha value is -5.74. The van der Waals surface area contributed by atoms with Gasteiger partial charge < -0.3 is 39.8 Å². The molecule has 316 valence electrons. The number of rotatable bonds is 18. The lowest BCUT2D eigenvalue weighted by atomic mass is 10.0. The molecule has 3 N–H and O–H groups in total. The molecule has 0 aliphatic carbocycles. The lowest BCUT2D eigenvalue weighted by Gasteiger charge is -2.35. The van der Waals surface area contributed by atoms with Gasteiger partial charge in [-0.25, -0.2) is 19.1 Å². The first-order valence-electron chi connectivity index (χ1n) is 19.3. The Morgan fingerprint density at radius 2 is 1.58 bits per heavy atom. The first kappa shape index (κ1) is 44.4. The lowest BCUT2D eigenvalue weighted by molar-refractivity contribution is -0.138. The summed E-state index contributed by atoms with van der Waals surface area (Å²) in [6.45, 7) is 9.17. The predicted octanol–water partition coefficient (Wildman–Crippen LogP) is 4.72. The number of fused-ring (bicyclic) bond motifs is 1. The number of anilines is 1. The summed E-state index contributed by atoms with van der Waals surface area (Å²) in [6, 6.07) is 12.4. The number of nitrogens with zero attached hydrogens (tertiary/aromatic N) is 5. The van der Waals surface area contributed by atoms with Crippen molar-refractivity contribution in [2.45, 2.75) is 33.0 Å². The Morgan fingerprint density at radius 1 is 0.847 bits per heavy atom. The molecule has 1 fully saturated rings. The van der Waals surface area contributed by atoms with Crippen LogP contribution in [0.5, 0.6) is 0 Å². The molecule has 1 saturated heterocycles. The largest absolute Gasteiger partial charge is 0.450 e. The zero-order valence-corrected chi connectivity index (χ0v) is 33.1. The molecule has 0 saturated carbocycles. The van der Waals surface area contributed by atoms with Crippen LogP contribution in [0.1, 0.15) is 51.7 Å². The van der Waals surface area contributed by atoms with Gasteiger partial charge >= 0.3 is 18.4 Å². The quantitative estimate of drug-likeness (QED) is 0.0942. The summed E-state index contributed by atoms with van der Waals surface area (Å²) >= 11 is 0. The molecule has 15 nitrogen and oxygen atoms in total. The number of hydrogen-bond donors (Lipinski definition) is 3. The van der Waals surface area contributed by atoms with Gasteiger partial charge in [-0.1, -0.05) is 18.1 Å². The lowest BCUT2D eigenvalue weighted by Crippen LogP contribution is -2.46. The number of alkyl halides is 3. The zero-order valence-electron chi connectivity index (χ0n) is 33.1. The Labute approximate surface area is 340 Å². The highest BCUT2D eigenvalue weighted by Crippen LogP contribution is 2.35. The van der Waals surface area contributed by atoms with Crippen molar-refractivity contribution in [1.29, 1.82) is 0 Å². The summed E-state index contributed by atoms with van der Waals surface area (Å²) in [5, 5.41) is 12.1. The maximum Gasteiger partial charge on any atom is 0.416 e. The summed E-state index contributed by atoms with van der Waals surface area (Å²) in [6.07, 6.45) is -1.75. The number of nitrogens with one attached hydrogen (secondary N) is 3. The van der Waals surface area contributed by atoms with Crippen LogP contribution in [0.4, 0.5) is 28.4 Å². The molecule has 5 rings (SSSR count). The van der Waals surface area contributed by atoms with E-state index in [1.807, 2.05) is 11.8 Å². The molecule has 2 aromatic carbocycles. The van der Waals surface area contributed by atoms with Crippen molar-refractivity contribution >= 4 is 29.4 Å². The van der Waals surface area contributed by atoms with Gasteiger partial charge in [0, 0.05) is 68.8 Å². The molecule has 2 aromatic heterocycles. The summed E-state index contributed by atoms with van der Waals surface area (Å²) in [7, 11) is 0. The second kappa shape index (κ2) is 22.4. The van der Waals surface area contributed by atoms with E-state index in [2.05, 4.69) is 42.8 Å². The number of aryl methyl sites for hydroxylation is 1. The van der Waals surface area contributed by atoms with Crippen molar-refractivity contribution in [3.05, 3.63) is 94.4 Å². The van der Waals surface area contributed by atoms with Gasteiger partial charge in [0.25, 0.3) is 5.91 Å². The summed E-state index contributed by atoms with van der Waals surface area (Å²) in [5.41, 5.74) is 2.24.